The maximum Gasteiger partial charge on any atom is 0.139 e. The summed E-state index contributed by atoms with van der Waals surface area (Å²) in [6, 6.07) is 0. The van der Waals surface area contributed by atoms with Crippen LogP contribution in [0.25, 0.3) is 0 Å². The highest BCUT2D eigenvalue weighted by atomic mass is 15.1. The number of hydrogen-bond acceptors (Lipinski definition) is 2. The monoisotopic (exact) mass is 141 g/mol. The van der Waals surface area contributed by atoms with E-state index in [2.05, 4.69) is 17.2 Å². The minimum atomic E-state index is 0.288. The summed E-state index contributed by atoms with van der Waals surface area (Å²) in [7, 11) is 0. The van der Waals surface area contributed by atoms with Crippen LogP contribution in [0, 0.1) is 5.41 Å². The Kier molecular flexibility index (Phi) is 5.92. The van der Waals surface area contributed by atoms with Crippen molar-refractivity contribution in [3.63, 3.8) is 0 Å². The Morgan fingerprint density at radius 3 is 2.60 bits per heavy atom. The minimum absolute atomic E-state index is 0.288. The van der Waals surface area contributed by atoms with Gasteiger partial charge in [-0.3, -0.25) is 5.41 Å². The molecule has 3 nitrogen and oxygen atoms in total. The summed E-state index contributed by atoms with van der Waals surface area (Å²) in [5.41, 5.74) is 0. The maximum absolute atomic E-state index is 6.91. The molecular formula is C7H15N3. The first-order chi connectivity index (χ1) is 4.77. The van der Waals surface area contributed by atoms with Crippen LogP contribution >= 0.6 is 0 Å². The van der Waals surface area contributed by atoms with E-state index in [1.54, 1.807) is 6.92 Å². The average Bonchev–Trinajstić information content (AvgIpc) is 1.87. The molecule has 1 N–H and O–H groups in total. The molecule has 0 atom stereocenters. The van der Waals surface area contributed by atoms with Gasteiger partial charge in [0.25, 0.3) is 0 Å². The fraction of sp³-hybridized carbons (Fsp3) is 0.857. The van der Waals surface area contributed by atoms with E-state index in [1.165, 1.54) is 12.8 Å². The van der Waals surface area contributed by atoms with Gasteiger partial charge >= 0.3 is 0 Å². The van der Waals surface area contributed by atoms with Gasteiger partial charge in [0.05, 0.1) is 6.54 Å². The number of azo groups is 1. The quantitative estimate of drug-likeness (QED) is 0.271. The Hall–Kier alpha value is -0.730. The predicted molar refractivity (Wildman–Crippen MR) is 42.6 cm³/mol. The van der Waals surface area contributed by atoms with Crippen molar-refractivity contribution >= 4 is 5.84 Å². The van der Waals surface area contributed by atoms with Crippen molar-refractivity contribution < 1.29 is 0 Å². The Labute approximate surface area is 62.1 Å². The van der Waals surface area contributed by atoms with Crippen LogP contribution in [0.4, 0.5) is 0 Å². The second kappa shape index (κ2) is 6.39. The number of nitrogens with zero attached hydrogens (tertiary/aromatic N) is 2. The molecule has 0 saturated heterocycles. The third-order valence-electron chi connectivity index (χ3n) is 1.08. The molecule has 0 spiro atoms. The van der Waals surface area contributed by atoms with Crippen LogP contribution in [0.5, 0.6) is 0 Å². The lowest BCUT2D eigenvalue weighted by atomic mass is 10.3. The van der Waals surface area contributed by atoms with Gasteiger partial charge in [-0.15, -0.1) is 5.11 Å². The van der Waals surface area contributed by atoms with Crippen LogP contribution in [0.15, 0.2) is 10.2 Å². The van der Waals surface area contributed by atoms with Crippen LogP contribution in [0.1, 0.15) is 33.1 Å². The van der Waals surface area contributed by atoms with Crippen molar-refractivity contribution in [2.45, 2.75) is 33.1 Å². The highest BCUT2D eigenvalue weighted by Crippen LogP contribution is 1.93. The molecular weight excluding hydrogens is 126 g/mol. The predicted octanol–water partition coefficient (Wildman–Crippen LogP) is 2.63. The molecule has 0 radical (unpaired) electrons. The van der Waals surface area contributed by atoms with Gasteiger partial charge < -0.3 is 0 Å². The normalized spacial score (nSPS) is 10.6. The molecule has 10 heavy (non-hydrogen) atoms. The van der Waals surface area contributed by atoms with Crippen molar-refractivity contribution in [1.29, 1.82) is 5.41 Å². The Balaban J connectivity index is 3.10. The zero-order valence-corrected chi connectivity index (χ0v) is 6.72. The summed E-state index contributed by atoms with van der Waals surface area (Å²) < 4.78 is 0. The molecule has 0 fully saturated rings. The minimum Gasteiger partial charge on any atom is -0.285 e. The Morgan fingerprint density at radius 2 is 2.10 bits per heavy atom. The largest absolute Gasteiger partial charge is 0.285 e. The number of nitrogens with one attached hydrogen (secondary N) is 1. The summed E-state index contributed by atoms with van der Waals surface area (Å²) in [6.45, 7) is 4.55. The van der Waals surface area contributed by atoms with Gasteiger partial charge in [-0.25, -0.2) is 0 Å². The Morgan fingerprint density at radius 1 is 1.40 bits per heavy atom. The summed E-state index contributed by atoms with van der Waals surface area (Å²) >= 11 is 0. The molecule has 3 heteroatoms. The number of rotatable bonds is 4. The van der Waals surface area contributed by atoms with E-state index < -0.39 is 0 Å². The van der Waals surface area contributed by atoms with Gasteiger partial charge in [-0.1, -0.05) is 19.8 Å². The highest BCUT2D eigenvalue weighted by Gasteiger charge is 1.82. The number of amidine groups is 1. The van der Waals surface area contributed by atoms with Gasteiger partial charge in [-0.05, 0) is 13.3 Å². The molecule has 0 aromatic heterocycles. The highest BCUT2D eigenvalue weighted by molar-refractivity contribution is 5.76. The van der Waals surface area contributed by atoms with E-state index in [4.69, 9.17) is 5.41 Å². The van der Waals surface area contributed by atoms with Crippen LogP contribution in [0.2, 0.25) is 0 Å². The smallest absolute Gasteiger partial charge is 0.139 e. The van der Waals surface area contributed by atoms with Crippen LogP contribution in [-0.4, -0.2) is 12.4 Å². The van der Waals surface area contributed by atoms with Gasteiger partial charge in [0.2, 0.25) is 0 Å². The molecule has 0 aliphatic rings. The van der Waals surface area contributed by atoms with E-state index in [1.807, 2.05) is 0 Å². The molecule has 0 aliphatic carbocycles. The zero-order valence-electron chi connectivity index (χ0n) is 6.72. The van der Waals surface area contributed by atoms with Gasteiger partial charge in [0.1, 0.15) is 5.84 Å². The van der Waals surface area contributed by atoms with Gasteiger partial charge in [0.15, 0.2) is 0 Å². The molecule has 0 unspecified atom stereocenters. The second-order valence-electron chi connectivity index (χ2n) is 2.26. The van der Waals surface area contributed by atoms with E-state index in [0.717, 1.165) is 13.0 Å². The molecule has 0 aromatic rings. The van der Waals surface area contributed by atoms with E-state index in [0.29, 0.717) is 0 Å². The van der Waals surface area contributed by atoms with Crippen molar-refractivity contribution in [2.75, 3.05) is 6.54 Å². The van der Waals surface area contributed by atoms with Crippen molar-refractivity contribution in [1.82, 2.24) is 0 Å². The van der Waals surface area contributed by atoms with Crippen LogP contribution in [0.3, 0.4) is 0 Å². The fourth-order valence-electron chi connectivity index (χ4n) is 0.589. The van der Waals surface area contributed by atoms with Gasteiger partial charge in [0, 0.05) is 0 Å². The first kappa shape index (κ1) is 9.27. The average molecular weight is 141 g/mol. The lowest BCUT2D eigenvalue weighted by Crippen LogP contribution is -1.82. The molecule has 0 heterocycles. The van der Waals surface area contributed by atoms with Crippen molar-refractivity contribution in [3.8, 4) is 0 Å². The molecule has 0 saturated carbocycles. The third-order valence-corrected chi connectivity index (χ3v) is 1.08. The van der Waals surface area contributed by atoms with Crippen molar-refractivity contribution in [2.24, 2.45) is 10.2 Å². The first-order valence-electron chi connectivity index (χ1n) is 3.70. The molecule has 58 valence electrons. The summed E-state index contributed by atoms with van der Waals surface area (Å²) in [5.74, 6) is 0.288. The summed E-state index contributed by atoms with van der Waals surface area (Å²) in [5, 5.41) is 14.3. The topological polar surface area (TPSA) is 48.6 Å². The maximum atomic E-state index is 6.91. The number of hydrogen-bond donors (Lipinski definition) is 1. The fourth-order valence-corrected chi connectivity index (χ4v) is 0.589. The number of unbranched alkanes of at least 4 members (excludes halogenated alkanes) is 2. The standard InChI is InChI=1S/C7H15N3/c1-3-4-5-6-9-10-7(2)8/h8H,3-6H2,1-2H3/b8-7?,10-9-. The molecule has 0 rings (SSSR count). The SMILES string of the molecule is CCCCC/N=N\C(C)=N. The van der Waals surface area contributed by atoms with Crippen molar-refractivity contribution in [3.05, 3.63) is 0 Å². The molecule has 0 aromatic carbocycles. The summed E-state index contributed by atoms with van der Waals surface area (Å²) in [4.78, 5) is 0. The van der Waals surface area contributed by atoms with Crippen LogP contribution in [-0.2, 0) is 0 Å². The lowest BCUT2D eigenvalue weighted by molar-refractivity contribution is 0.714. The van der Waals surface area contributed by atoms with E-state index >= 15 is 0 Å². The second-order valence-corrected chi connectivity index (χ2v) is 2.26. The molecule has 0 bridgehead atoms. The molecule has 0 amide bonds. The Bertz CT molecular complexity index is 118. The van der Waals surface area contributed by atoms with E-state index in [9.17, 15) is 0 Å². The van der Waals surface area contributed by atoms with E-state index in [-0.39, 0.29) is 5.84 Å². The third kappa shape index (κ3) is 7.27. The lowest BCUT2D eigenvalue weighted by Gasteiger charge is -1.89. The van der Waals surface area contributed by atoms with Crippen LogP contribution < -0.4 is 0 Å². The zero-order chi connectivity index (χ0) is 7.82. The van der Waals surface area contributed by atoms with Gasteiger partial charge in [-0.2, -0.15) is 5.11 Å². The molecule has 0 aliphatic heterocycles. The first-order valence-corrected chi connectivity index (χ1v) is 3.70. The summed E-state index contributed by atoms with van der Waals surface area (Å²) in [6.07, 6.45) is 3.50.